The molecule has 1 N–H and O–H groups in total. The SMILES string of the molecule is OC(Cn1ccnc1-c1cnccn1)c1ccc(F)cc1. The Morgan fingerprint density at radius 3 is 2.62 bits per heavy atom. The standard InChI is InChI=1S/C15H13FN4O/c16-12-3-1-11(2-4-12)14(21)10-20-8-7-19-15(20)13-9-17-5-6-18-13/h1-9,14,21H,10H2. The van der Waals surface area contributed by atoms with Gasteiger partial charge in [-0.2, -0.15) is 0 Å². The number of nitrogens with zero attached hydrogens (tertiary/aromatic N) is 4. The van der Waals surface area contributed by atoms with Gasteiger partial charge in [-0.05, 0) is 17.7 Å². The molecule has 0 amide bonds. The van der Waals surface area contributed by atoms with E-state index in [4.69, 9.17) is 0 Å². The lowest BCUT2D eigenvalue weighted by Crippen LogP contribution is -2.09. The predicted octanol–water partition coefficient (Wildman–Crippen LogP) is 2.21. The first-order valence-corrected chi connectivity index (χ1v) is 6.45. The monoisotopic (exact) mass is 284 g/mol. The largest absolute Gasteiger partial charge is 0.387 e. The Labute approximate surface area is 120 Å². The van der Waals surface area contributed by atoms with Gasteiger partial charge < -0.3 is 9.67 Å². The summed E-state index contributed by atoms with van der Waals surface area (Å²) in [5, 5.41) is 10.2. The lowest BCUT2D eigenvalue weighted by Gasteiger charge is -2.13. The first-order valence-electron chi connectivity index (χ1n) is 6.45. The van der Waals surface area contributed by atoms with Gasteiger partial charge >= 0.3 is 0 Å². The van der Waals surface area contributed by atoms with Crippen LogP contribution in [0.3, 0.4) is 0 Å². The van der Waals surface area contributed by atoms with Crippen molar-refractivity contribution in [3.05, 3.63) is 66.6 Å². The van der Waals surface area contributed by atoms with Crippen molar-refractivity contribution >= 4 is 0 Å². The first kappa shape index (κ1) is 13.4. The molecule has 2 heterocycles. The Kier molecular flexibility index (Phi) is 3.70. The first-order chi connectivity index (χ1) is 10.2. The van der Waals surface area contributed by atoms with Crippen molar-refractivity contribution in [3.8, 4) is 11.5 Å². The van der Waals surface area contributed by atoms with Crippen LogP contribution in [0.5, 0.6) is 0 Å². The van der Waals surface area contributed by atoms with Gasteiger partial charge in [0.1, 0.15) is 11.5 Å². The number of benzene rings is 1. The summed E-state index contributed by atoms with van der Waals surface area (Å²) in [4.78, 5) is 12.4. The van der Waals surface area contributed by atoms with Gasteiger partial charge in [-0.25, -0.2) is 14.4 Å². The van der Waals surface area contributed by atoms with E-state index in [0.717, 1.165) is 0 Å². The van der Waals surface area contributed by atoms with Crippen LogP contribution < -0.4 is 0 Å². The highest BCUT2D eigenvalue weighted by Gasteiger charge is 2.13. The maximum absolute atomic E-state index is 12.9. The highest BCUT2D eigenvalue weighted by Crippen LogP contribution is 2.19. The van der Waals surface area contributed by atoms with Gasteiger partial charge in [-0.15, -0.1) is 0 Å². The molecular formula is C15H13FN4O. The minimum Gasteiger partial charge on any atom is -0.387 e. The Hall–Kier alpha value is -2.60. The average Bonchev–Trinajstić information content (AvgIpc) is 2.97. The molecule has 0 aliphatic carbocycles. The second kappa shape index (κ2) is 5.80. The normalized spacial score (nSPS) is 12.3. The summed E-state index contributed by atoms with van der Waals surface area (Å²) in [6.07, 6.45) is 7.44. The van der Waals surface area contributed by atoms with Crippen molar-refractivity contribution in [2.75, 3.05) is 0 Å². The predicted molar refractivity (Wildman–Crippen MR) is 74.6 cm³/mol. The Balaban J connectivity index is 1.83. The number of rotatable bonds is 4. The molecule has 0 fully saturated rings. The minimum absolute atomic E-state index is 0.303. The van der Waals surface area contributed by atoms with E-state index in [1.54, 1.807) is 47.7 Å². The lowest BCUT2D eigenvalue weighted by molar-refractivity contribution is 0.157. The molecule has 2 aromatic heterocycles. The smallest absolute Gasteiger partial charge is 0.160 e. The fourth-order valence-corrected chi connectivity index (χ4v) is 2.08. The third kappa shape index (κ3) is 2.95. The molecule has 0 spiro atoms. The molecule has 0 radical (unpaired) electrons. The van der Waals surface area contributed by atoms with Crippen molar-refractivity contribution in [1.82, 2.24) is 19.5 Å². The van der Waals surface area contributed by atoms with E-state index in [2.05, 4.69) is 15.0 Å². The second-order valence-electron chi connectivity index (χ2n) is 4.56. The molecule has 0 saturated heterocycles. The maximum atomic E-state index is 12.9. The second-order valence-corrected chi connectivity index (χ2v) is 4.56. The highest BCUT2D eigenvalue weighted by atomic mass is 19.1. The molecule has 21 heavy (non-hydrogen) atoms. The molecule has 0 bridgehead atoms. The summed E-state index contributed by atoms with van der Waals surface area (Å²) in [5.41, 5.74) is 1.28. The fourth-order valence-electron chi connectivity index (χ4n) is 2.08. The zero-order valence-electron chi connectivity index (χ0n) is 11.1. The van der Waals surface area contributed by atoms with E-state index in [1.165, 1.54) is 12.1 Å². The number of imidazole rings is 1. The highest BCUT2D eigenvalue weighted by molar-refractivity contribution is 5.47. The van der Waals surface area contributed by atoms with Gasteiger partial charge in [0.05, 0.1) is 18.8 Å². The molecule has 1 atom stereocenters. The minimum atomic E-state index is -0.754. The number of hydrogen-bond donors (Lipinski definition) is 1. The number of halogens is 1. The van der Waals surface area contributed by atoms with Crippen LogP contribution in [0.1, 0.15) is 11.7 Å². The van der Waals surface area contributed by atoms with Gasteiger partial charge in [-0.1, -0.05) is 12.1 Å². The van der Waals surface area contributed by atoms with Crippen LogP contribution in [-0.2, 0) is 6.54 Å². The van der Waals surface area contributed by atoms with Crippen molar-refractivity contribution < 1.29 is 9.50 Å². The number of aliphatic hydroxyl groups excluding tert-OH is 1. The number of aliphatic hydroxyl groups is 1. The van der Waals surface area contributed by atoms with Crippen molar-refractivity contribution in [2.45, 2.75) is 12.6 Å². The van der Waals surface area contributed by atoms with E-state index < -0.39 is 6.10 Å². The van der Waals surface area contributed by atoms with Gasteiger partial charge in [0, 0.05) is 24.8 Å². The molecule has 1 unspecified atom stereocenters. The molecule has 6 heteroatoms. The quantitative estimate of drug-likeness (QED) is 0.798. The lowest BCUT2D eigenvalue weighted by atomic mass is 10.1. The summed E-state index contributed by atoms with van der Waals surface area (Å²) in [6, 6.07) is 5.80. The van der Waals surface area contributed by atoms with E-state index in [-0.39, 0.29) is 5.82 Å². The van der Waals surface area contributed by atoms with Gasteiger partial charge in [0.2, 0.25) is 0 Å². The van der Waals surface area contributed by atoms with Crippen LogP contribution in [0.15, 0.2) is 55.2 Å². The topological polar surface area (TPSA) is 63.8 Å². The van der Waals surface area contributed by atoms with Gasteiger partial charge in [-0.3, -0.25) is 4.98 Å². The summed E-state index contributed by atoms with van der Waals surface area (Å²) in [6.45, 7) is 0.303. The zero-order valence-corrected chi connectivity index (χ0v) is 11.1. The molecule has 0 aliphatic heterocycles. The van der Waals surface area contributed by atoms with Crippen LogP contribution in [0.4, 0.5) is 4.39 Å². The van der Waals surface area contributed by atoms with Crippen LogP contribution in [0.25, 0.3) is 11.5 Å². The van der Waals surface area contributed by atoms with Crippen molar-refractivity contribution in [3.63, 3.8) is 0 Å². The Morgan fingerprint density at radius 1 is 1.10 bits per heavy atom. The average molecular weight is 284 g/mol. The van der Waals surface area contributed by atoms with E-state index in [9.17, 15) is 9.50 Å². The summed E-state index contributed by atoms with van der Waals surface area (Å²) < 4.78 is 14.7. The van der Waals surface area contributed by atoms with Gasteiger partial charge in [0.25, 0.3) is 0 Å². The van der Waals surface area contributed by atoms with Crippen LogP contribution in [0, 0.1) is 5.82 Å². The third-order valence-corrected chi connectivity index (χ3v) is 3.13. The molecule has 3 rings (SSSR count). The van der Waals surface area contributed by atoms with E-state index in [0.29, 0.717) is 23.6 Å². The summed E-state index contributed by atoms with van der Waals surface area (Å²) in [7, 11) is 0. The van der Waals surface area contributed by atoms with Crippen molar-refractivity contribution in [2.24, 2.45) is 0 Å². The Morgan fingerprint density at radius 2 is 1.90 bits per heavy atom. The fraction of sp³-hybridized carbons (Fsp3) is 0.133. The molecule has 3 aromatic rings. The van der Waals surface area contributed by atoms with E-state index >= 15 is 0 Å². The molecule has 0 aliphatic rings. The molecule has 5 nitrogen and oxygen atoms in total. The maximum Gasteiger partial charge on any atom is 0.160 e. The van der Waals surface area contributed by atoms with Crippen molar-refractivity contribution in [1.29, 1.82) is 0 Å². The zero-order chi connectivity index (χ0) is 14.7. The van der Waals surface area contributed by atoms with Crippen LogP contribution in [-0.4, -0.2) is 24.6 Å². The molecule has 1 aromatic carbocycles. The summed E-state index contributed by atoms with van der Waals surface area (Å²) >= 11 is 0. The van der Waals surface area contributed by atoms with Crippen LogP contribution >= 0.6 is 0 Å². The number of hydrogen-bond acceptors (Lipinski definition) is 4. The third-order valence-electron chi connectivity index (χ3n) is 3.13. The van der Waals surface area contributed by atoms with Crippen LogP contribution in [0.2, 0.25) is 0 Å². The van der Waals surface area contributed by atoms with Gasteiger partial charge in [0.15, 0.2) is 5.82 Å². The Bertz CT molecular complexity index is 712. The molecule has 106 valence electrons. The van der Waals surface area contributed by atoms with E-state index in [1.807, 2.05) is 0 Å². The molecular weight excluding hydrogens is 271 g/mol. The summed E-state index contributed by atoms with van der Waals surface area (Å²) in [5.74, 6) is 0.304. The number of aromatic nitrogens is 4. The molecule has 0 saturated carbocycles.